The van der Waals surface area contributed by atoms with E-state index in [1.807, 2.05) is 18.4 Å². The summed E-state index contributed by atoms with van der Waals surface area (Å²) >= 11 is 0. The maximum Gasteiger partial charge on any atom is 0.287 e. The monoisotopic (exact) mass is 306 g/mol. The molecule has 2 rings (SSSR count). The minimum Gasteiger partial charge on any atom is -0.349 e. The molecule has 122 valence electrons. The van der Waals surface area contributed by atoms with Gasteiger partial charge >= 0.3 is 0 Å². The van der Waals surface area contributed by atoms with Gasteiger partial charge < -0.3 is 15.2 Å². The average molecular weight is 306 g/mol. The van der Waals surface area contributed by atoms with Gasteiger partial charge in [0.25, 0.3) is 11.8 Å². The van der Waals surface area contributed by atoms with E-state index in [4.69, 9.17) is 0 Å². The van der Waals surface area contributed by atoms with Crippen molar-refractivity contribution >= 4 is 11.8 Å². The first-order valence-corrected chi connectivity index (χ1v) is 8.23. The summed E-state index contributed by atoms with van der Waals surface area (Å²) < 4.78 is 1.92. The molecule has 0 aliphatic carbocycles. The number of aromatic nitrogens is 2. The number of rotatable bonds is 6. The van der Waals surface area contributed by atoms with Crippen molar-refractivity contribution in [2.24, 2.45) is 0 Å². The molecule has 2 heterocycles. The Labute approximate surface area is 131 Å². The quantitative estimate of drug-likeness (QED) is 0.788. The maximum absolute atomic E-state index is 12.3. The first-order valence-electron chi connectivity index (χ1n) is 8.23. The van der Waals surface area contributed by atoms with Gasteiger partial charge in [-0.15, -0.1) is 0 Å². The summed E-state index contributed by atoms with van der Waals surface area (Å²) in [5.41, 5.74) is 1.30. The van der Waals surface area contributed by atoms with Crippen LogP contribution in [0.3, 0.4) is 0 Å². The van der Waals surface area contributed by atoms with Crippen molar-refractivity contribution in [1.29, 1.82) is 0 Å². The number of carbonyl (C=O) groups excluding carboxylic acids is 2. The molecule has 0 aromatic carbocycles. The number of hydrogen-bond donors (Lipinski definition) is 2. The molecule has 6 nitrogen and oxygen atoms in total. The lowest BCUT2D eigenvalue weighted by Crippen LogP contribution is -2.31. The van der Waals surface area contributed by atoms with E-state index in [1.54, 1.807) is 0 Å². The highest BCUT2D eigenvalue weighted by Crippen LogP contribution is 2.21. The molecule has 1 aliphatic heterocycles. The summed E-state index contributed by atoms with van der Waals surface area (Å²) in [6.07, 6.45) is 4.83. The van der Waals surface area contributed by atoms with Crippen LogP contribution < -0.4 is 10.6 Å². The summed E-state index contributed by atoms with van der Waals surface area (Å²) in [7, 11) is 0. The van der Waals surface area contributed by atoms with Gasteiger partial charge in [-0.25, -0.2) is 4.98 Å². The first kappa shape index (κ1) is 16.5. The number of carbonyl (C=O) groups is 2. The van der Waals surface area contributed by atoms with Gasteiger partial charge in [0.05, 0.1) is 5.69 Å². The number of unbranched alkanes of at least 4 members (excludes halogenated alkanes) is 1. The van der Waals surface area contributed by atoms with Crippen LogP contribution in [0.2, 0.25) is 0 Å². The van der Waals surface area contributed by atoms with E-state index in [0.717, 1.165) is 44.3 Å². The molecule has 0 spiro atoms. The van der Waals surface area contributed by atoms with E-state index in [9.17, 15) is 9.59 Å². The molecular weight excluding hydrogens is 280 g/mol. The van der Waals surface area contributed by atoms with Crippen LogP contribution in [0.4, 0.5) is 0 Å². The van der Waals surface area contributed by atoms with E-state index in [2.05, 4.69) is 22.5 Å². The van der Waals surface area contributed by atoms with Crippen molar-refractivity contribution in [1.82, 2.24) is 20.2 Å². The van der Waals surface area contributed by atoms with Gasteiger partial charge in [0.1, 0.15) is 5.69 Å². The Hall–Kier alpha value is -1.85. The van der Waals surface area contributed by atoms with E-state index >= 15 is 0 Å². The van der Waals surface area contributed by atoms with Crippen LogP contribution in [0.5, 0.6) is 0 Å². The largest absolute Gasteiger partial charge is 0.349 e. The summed E-state index contributed by atoms with van der Waals surface area (Å²) in [4.78, 5) is 29.0. The second-order valence-corrected chi connectivity index (χ2v) is 6.08. The van der Waals surface area contributed by atoms with Gasteiger partial charge in [-0.3, -0.25) is 9.59 Å². The fourth-order valence-corrected chi connectivity index (χ4v) is 2.69. The van der Waals surface area contributed by atoms with E-state index < -0.39 is 0 Å². The predicted molar refractivity (Wildman–Crippen MR) is 85.0 cm³/mol. The summed E-state index contributed by atoms with van der Waals surface area (Å²) in [6, 6.07) is 0.0512. The first-order chi connectivity index (χ1) is 10.5. The van der Waals surface area contributed by atoms with E-state index in [-0.39, 0.29) is 17.9 Å². The zero-order chi connectivity index (χ0) is 16.1. The van der Waals surface area contributed by atoms with Crippen molar-refractivity contribution < 1.29 is 9.59 Å². The molecule has 2 amide bonds. The normalized spacial score (nSPS) is 13.8. The minimum absolute atomic E-state index is 0.0512. The van der Waals surface area contributed by atoms with E-state index in [1.165, 1.54) is 0 Å². The Morgan fingerprint density at radius 1 is 1.27 bits per heavy atom. The molecular formula is C16H26N4O2. The lowest BCUT2D eigenvalue weighted by molar-refractivity contribution is 0.0935. The molecule has 1 aromatic heterocycles. The van der Waals surface area contributed by atoms with Crippen LogP contribution in [0, 0.1) is 0 Å². The number of amides is 2. The molecule has 0 saturated carbocycles. The number of nitrogens with one attached hydrogen (secondary N) is 2. The number of imidazole rings is 1. The van der Waals surface area contributed by atoms with Crippen molar-refractivity contribution in [3.05, 3.63) is 17.2 Å². The Balaban J connectivity index is 2.25. The predicted octanol–water partition coefficient (Wildman–Crippen LogP) is 1.89. The molecule has 0 radical (unpaired) electrons. The van der Waals surface area contributed by atoms with Crippen molar-refractivity contribution in [2.45, 2.75) is 65.5 Å². The highest BCUT2D eigenvalue weighted by atomic mass is 16.2. The van der Waals surface area contributed by atoms with Gasteiger partial charge in [0.15, 0.2) is 5.82 Å². The molecule has 0 atom stereocenters. The molecule has 0 bridgehead atoms. The molecule has 6 heteroatoms. The molecule has 0 saturated heterocycles. The summed E-state index contributed by atoms with van der Waals surface area (Å²) in [5, 5.41) is 5.76. The van der Waals surface area contributed by atoms with Crippen molar-refractivity contribution in [3.8, 4) is 0 Å². The van der Waals surface area contributed by atoms with Crippen LogP contribution in [-0.2, 0) is 13.0 Å². The standard InChI is InChI=1S/C16H26N4O2/c1-4-5-9-17-16(22)14-19-13(15(21)18-11(2)3)12-8-6-7-10-20(12)14/h11H,4-10H2,1-3H3,(H,17,22)(H,18,21). The van der Waals surface area contributed by atoms with Gasteiger partial charge in [0.2, 0.25) is 0 Å². The van der Waals surface area contributed by atoms with Crippen molar-refractivity contribution in [3.63, 3.8) is 0 Å². The zero-order valence-corrected chi connectivity index (χ0v) is 13.7. The fourth-order valence-electron chi connectivity index (χ4n) is 2.69. The summed E-state index contributed by atoms with van der Waals surface area (Å²) in [6.45, 7) is 7.31. The van der Waals surface area contributed by atoms with Crippen LogP contribution >= 0.6 is 0 Å². The maximum atomic E-state index is 12.3. The third kappa shape index (κ3) is 3.67. The lowest BCUT2D eigenvalue weighted by Gasteiger charge is -2.17. The smallest absolute Gasteiger partial charge is 0.287 e. The third-order valence-electron chi connectivity index (χ3n) is 3.77. The highest BCUT2D eigenvalue weighted by molar-refractivity contribution is 5.97. The van der Waals surface area contributed by atoms with Crippen LogP contribution in [0.15, 0.2) is 0 Å². The second kappa shape index (κ2) is 7.42. The highest BCUT2D eigenvalue weighted by Gasteiger charge is 2.27. The Morgan fingerprint density at radius 3 is 2.73 bits per heavy atom. The van der Waals surface area contributed by atoms with Gasteiger partial charge in [0, 0.05) is 19.1 Å². The fraction of sp³-hybridized carbons (Fsp3) is 0.688. The third-order valence-corrected chi connectivity index (χ3v) is 3.77. The lowest BCUT2D eigenvalue weighted by atomic mass is 10.1. The van der Waals surface area contributed by atoms with E-state index in [0.29, 0.717) is 18.1 Å². The zero-order valence-electron chi connectivity index (χ0n) is 13.7. The number of nitrogens with zero attached hydrogens (tertiary/aromatic N) is 2. The summed E-state index contributed by atoms with van der Waals surface area (Å²) in [5.74, 6) is 0.00756. The molecule has 2 N–H and O–H groups in total. The van der Waals surface area contributed by atoms with Crippen molar-refractivity contribution in [2.75, 3.05) is 6.54 Å². The topological polar surface area (TPSA) is 76.0 Å². The van der Waals surface area contributed by atoms with Gasteiger partial charge in [-0.2, -0.15) is 0 Å². The molecule has 0 fully saturated rings. The van der Waals surface area contributed by atoms with Crippen LogP contribution in [-0.4, -0.2) is 34.0 Å². The van der Waals surface area contributed by atoms with Gasteiger partial charge in [-0.1, -0.05) is 13.3 Å². The van der Waals surface area contributed by atoms with Gasteiger partial charge in [-0.05, 0) is 39.5 Å². The average Bonchev–Trinajstić information content (AvgIpc) is 2.86. The molecule has 22 heavy (non-hydrogen) atoms. The SMILES string of the molecule is CCCCNC(=O)c1nc(C(=O)NC(C)C)c2n1CCCC2. The Morgan fingerprint density at radius 2 is 2.05 bits per heavy atom. The number of fused-ring (bicyclic) bond motifs is 1. The second-order valence-electron chi connectivity index (χ2n) is 6.08. The Bertz CT molecular complexity index is 549. The Kier molecular flexibility index (Phi) is 5.57. The molecule has 1 aromatic rings. The molecule has 1 aliphatic rings. The number of hydrogen-bond acceptors (Lipinski definition) is 3. The molecule has 0 unspecified atom stereocenters. The minimum atomic E-state index is -0.187. The van der Waals surface area contributed by atoms with Crippen LogP contribution in [0.25, 0.3) is 0 Å². The van der Waals surface area contributed by atoms with Crippen LogP contribution in [0.1, 0.15) is 73.3 Å².